The number of benzene rings is 1. The van der Waals surface area contributed by atoms with E-state index in [1.165, 1.54) is 4.88 Å². The van der Waals surface area contributed by atoms with Gasteiger partial charge in [-0.1, -0.05) is 18.2 Å². The van der Waals surface area contributed by atoms with Gasteiger partial charge in [-0.3, -0.25) is 4.79 Å². The Hall–Kier alpha value is -2.83. The zero-order valence-corrected chi connectivity index (χ0v) is 17.5. The number of rotatable bonds is 8. The van der Waals surface area contributed by atoms with Crippen LogP contribution in [0, 0.1) is 0 Å². The quantitative estimate of drug-likeness (QED) is 0.279. The van der Waals surface area contributed by atoms with Gasteiger partial charge in [-0.25, -0.2) is 4.98 Å². The molecule has 0 fully saturated rings. The molecule has 4 nitrogen and oxygen atoms in total. The molecule has 0 atom stereocenters. The van der Waals surface area contributed by atoms with E-state index in [0.717, 1.165) is 22.0 Å². The Bertz CT molecular complexity index is 1070. The first-order valence-corrected chi connectivity index (χ1v) is 11.2. The first-order chi connectivity index (χ1) is 14.2. The van der Waals surface area contributed by atoms with Gasteiger partial charge in [-0.05, 0) is 47.8 Å². The van der Waals surface area contributed by atoms with Crippen molar-refractivity contribution in [3.8, 4) is 0 Å². The standard InChI is InChI=1S/C23H21N3OS2/c1-2-12-26(16-21-6-5-14-28-21)23(27)18-8-10-20(11-9-18)29-17-19-15-25-13-4-3-7-22(25)24-19/h2-11,13-15H,1,12,16-17H2. The average molecular weight is 420 g/mol. The van der Waals surface area contributed by atoms with Gasteiger partial charge in [0.25, 0.3) is 5.91 Å². The van der Waals surface area contributed by atoms with E-state index in [-0.39, 0.29) is 5.91 Å². The monoisotopic (exact) mass is 419 g/mol. The molecule has 146 valence electrons. The maximum Gasteiger partial charge on any atom is 0.254 e. The number of hydrogen-bond donors (Lipinski definition) is 0. The van der Waals surface area contributed by atoms with E-state index in [1.54, 1.807) is 29.2 Å². The van der Waals surface area contributed by atoms with Gasteiger partial charge < -0.3 is 9.30 Å². The summed E-state index contributed by atoms with van der Waals surface area (Å²) < 4.78 is 2.03. The van der Waals surface area contributed by atoms with Gasteiger partial charge in [0.15, 0.2) is 0 Å². The number of thiophene rings is 1. The summed E-state index contributed by atoms with van der Waals surface area (Å²) in [5.41, 5.74) is 2.69. The van der Waals surface area contributed by atoms with Crippen LogP contribution in [0.4, 0.5) is 0 Å². The highest BCUT2D eigenvalue weighted by Gasteiger charge is 2.15. The summed E-state index contributed by atoms with van der Waals surface area (Å²) in [7, 11) is 0. The summed E-state index contributed by atoms with van der Waals surface area (Å²) in [5, 5.41) is 2.03. The van der Waals surface area contributed by atoms with Crippen LogP contribution in [0.5, 0.6) is 0 Å². The molecule has 0 N–H and O–H groups in total. The van der Waals surface area contributed by atoms with Crippen LogP contribution < -0.4 is 0 Å². The van der Waals surface area contributed by atoms with Gasteiger partial charge in [0, 0.05) is 40.0 Å². The Kier molecular flexibility index (Phi) is 6.12. The molecule has 4 aromatic rings. The molecule has 4 rings (SSSR count). The zero-order chi connectivity index (χ0) is 20.1. The van der Waals surface area contributed by atoms with Gasteiger partial charge >= 0.3 is 0 Å². The van der Waals surface area contributed by atoms with Crippen molar-refractivity contribution >= 4 is 34.7 Å². The minimum Gasteiger partial charge on any atom is -0.330 e. The van der Waals surface area contributed by atoms with E-state index in [2.05, 4.69) is 17.8 Å². The molecule has 0 radical (unpaired) electrons. The minimum atomic E-state index is 0.0233. The normalized spacial score (nSPS) is 10.9. The molecule has 1 amide bonds. The first kappa shape index (κ1) is 19.5. The van der Waals surface area contributed by atoms with E-state index in [4.69, 9.17) is 0 Å². The van der Waals surface area contributed by atoms with Gasteiger partial charge in [0.1, 0.15) is 5.65 Å². The van der Waals surface area contributed by atoms with Crippen molar-refractivity contribution in [3.05, 3.63) is 101 Å². The number of nitrogens with zero attached hydrogens (tertiary/aromatic N) is 3. The van der Waals surface area contributed by atoms with Crippen molar-refractivity contribution in [1.82, 2.24) is 14.3 Å². The Morgan fingerprint density at radius 3 is 2.76 bits per heavy atom. The van der Waals surface area contributed by atoms with Gasteiger partial charge in [0.05, 0.1) is 12.2 Å². The third-order valence-corrected chi connectivity index (χ3v) is 6.37. The highest BCUT2D eigenvalue weighted by atomic mass is 32.2. The SMILES string of the molecule is C=CCN(Cc1cccs1)C(=O)c1ccc(SCc2cn3ccccc3n2)cc1. The lowest BCUT2D eigenvalue weighted by molar-refractivity contribution is 0.0764. The van der Waals surface area contributed by atoms with Crippen molar-refractivity contribution in [2.75, 3.05) is 6.54 Å². The van der Waals surface area contributed by atoms with Crippen LogP contribution in [0.2, 0.25) is 0 Å². The summed E-state index contributed by atoms with van der Waals surface area (Å²) in [5.74, 6) is 0.811. The van der Waals surface area contributed by atoms with Crippen LogP contribution in [0.15, 0.2) is 89.9 Å². The fourth-order valence-electron chi connectivity index (χ4n) is 3.06. The summed E-state index contributed by atoms with van der Waals surface area (Å²) in [4.78, 5) is 21.6. The van der Waals surface area contributed by atoms with Crippen molar-refractivity contribution in [3.63, 3.8) is 0 Å². The lowest BCUT2D eigenvalue weighted by atomic mass is 10.2. The van der Waals surface area contributed by atoms with E-state index in [9.17, 15) is 4.79 Å². The fraction of sp³-hybridized carbons (Fsp3) is 0.130. The number of aromatic nitrogens is 2. The van der Waals surface area contributed by atoms with Crippen molar-refractivity contribution in [2.24, 2.45) is 0 Å². The molecule has 0 saturated heterocycles. The molecule has 1 aromatic carbocycles. The summed E-state index contributed by atoms with van der Waals surface area (Å²) >= 11 is 3.38. The first-order valence-electron chi connectivity index (χ1n) is 9.31. The third kappa shape index (κ3) is 4.78. The number of hydrogen-bond acceptors (Lipinski definition) is 4. The Morgan fingerprint density at radius 2 is 2.03 bits per heavy atom. The topological polar surface area (TPSA) is 37.6 Å². The smallest absolute Gasteiger partial charge is 0.254 e. The molecule has 3 heterocycles. The predicted molar refractivity (Wildman–Crippen MR) is 120 cm³/mol. The lowest BCUT2D eigenvalue weighted by Crippen LogP contribution is -2.30. The highest BCUT2D eigenvalue weighted by molar-refractivity contribution is 7.98. The highest BCUT2D eigenvalue weighted by Crippen LogP contribution is 2.24. The van der Waals surface area contributed by atoms with Crippen molar-refractivity contribution in [2.45, 2.75) is 17.2 Å². The molecule has 0 spiro atoms. The average Bonchev–Trinajstić information content (AvgIpc) is 3.41. The number of carbonyl (C=O) groups is 1. The molecule has 29 heavy (non-hydrogen) atoms. The maximum atomic E-state index is 12.9. The number of fused-ring (bicyclic) bond motifs is 1. The molecule has 0 aliphatic heterocycles. The maximum absolute atomic E-state index is 12.9. The molecule has 3 aromatic heterocycles. The summed E-state index contributed by atoms with van der Waals surface area (Å²) in [6.07, 6.45) is 5.82. The van der Waals surface area contributed by atoms with E-state index in [0.29, 0.717) is 18.7 Å². The van der Waals surface area contributed by atoms with Crippen molar-refractivity contribution < 1.29 is 4.79 Å². The van der Waals surface area contributed by atoms with E-state index >= 15 is 0 Å². The van der Waals surface area contributed by atoms with Crippen LogP contribution in [0.1, 0.15) is 20.9 Å². The van der Waals surface area contributed by atoms with Crippen LogP contribution in [-0.4, -0.2) is 26.7 Å². The Balaban J connectivity index is 1.40. The van der Waals surface area contributed by atoms with Crippen molar-refractivity contribution in [1.29, 1.82) is 0 Å². The number of amides is 1. The zero-order valence-electron chi connectivity index (χ0n) is 15.9. The third-order valence-electron chi connectivity index (χ3n) is 4.47. The molecule has 0 aliphatic rings. The largest absolute Gasteiger partial charge is 0.330 e. The Morgan fingerprint density at radius 1 is 1.17 bits per heavy atom. The number of thioether (sulfide) groups is 1. The van der Waals surface area contributed by atoms with Crippen LogP contribution >= 0.6 is 23.1 Å². The van der Waals surface area contributed by atoms with E-state index in [1.807, 2.05) is 75.5 Å². The second-order valence-electron chi connectivity index (χ2n) is 6.57. The van der Waals surface area contributed by atoms with Gasteiger partial charge in [-0.2, -0.15) is 0 Å². The van der Waals surface area contributed by atoms with Gasteiger partial charge in [0.2, 0.25) is 0 Å². The Labute approximate surface area is 178 Å². The number of carbonyl (C=O) groups excluding carboxylic acids is 1. The lowest BCUT2D eigenvalue weighted by Gasteiger charge is -2.20. The number of pyridine rings is 1. The molecule has 0 unspecified atom stereocenters. The number of imidazole rings is 1. The fourth-order valence-corrected chi connectivity index (χ4v) is 4.56. The summed E-state index contributed by atoms with van der Waals surface area (Å²) in [6.45, 7) is 4.92. The second-order valence-corrected chi connectivity index (χ2v) is 8.65. The van der Waals surface area contributed by atoms with Gasteiger partial charge in [-0.15, -0.1) is 29.7 Å². The molecular weight excluding hydrogens is 398 g/mol. The molecule has 0 bridgehead atoms. The molecule has 0 saturated carbocycles. The van der Waals surface area contributed by atoms with Crippen LogP contribution in [-0.2, 0) is 12.3 Å². The van der Waals surface area contributed by atoms with Crippen LogP contribution in [0.25, 0.3) is 5.65 Å². The van der Waals surface area contributed by atoms with E-state index < -0.39 is 0 Å². The van der Waals surface area contributed by atoms with Crippen LogP contribution in [0.3, 0.4) is 0 Å². The molecule has 0 aliphatic carbocycles. The molecule has 6 heteroatoms. The second kappa shape index (κ2) is 9.11. The predicted octanol–water partition coefficient (Wildman–Crippen LogP) is 5.52. The summed E-state index contributed by atoms with van der Waals surface area (Å²) in [6, 6.07) is 17.9. The minimum absolute atomic E-state index is 0.0233. The molecular formula is C23H21N3OS2.